The van der Waals surface area contributed by atoms with Gasteiger partial charge in [0.25, 0.3) is 0 Å². The number of likely N-dealkylation sites (tertiary alicyclic amines) is 1. The third kappa shape index (κ3) is 4.37. The predicted octanol–water partition coefficient (Wildman–Crippen LogP) is 4.35. The van der Waals surface area contributed by atoms with Gasteiger partial charge in [-0.1, -0.05) is 0 Å². The number of nitrogens with two attached hydrogens (primary N) is 1. The Morgan fingerprint density at radius 3 is 2.74 bits per heavy atom. The predicted molar refractivity (Wildman–Crippen MR) is 136 cm³/mol. The molecule has 1 aliphatic carbocycles. The molecule has 5 rings (SSSR count). The zero-order valence-corrected chi connectivity index (χ0v) is 22.6. The number of fused-ring (bicyclic) bond motifs is 2. The highest BCUT2D eigenvalue weighted by Crippen LogP contribution is 2.51. The van der Waals surface area contributed by atoms with Crippen molar-refractivity contribution in [3.8, 4) is 0 Å². The summed E-state index contributed by atoms with van der Waals surface area (Å²) in [6.07, 6.45) is 6.15. The van der Waals surface area contributed by atoms with Crippen LogP contribution in [0.25, 0.3) is 11.0 Å². The number of ether oxygens (including phenoxy) is 3. The average Bonchev–Trinajstić information content (AvgIpc) is 3.35. The summed E-state index contributed by atoms with van der Waals surface area (Å²) in [6, 6.07) is 0.0639. The maximum Gasteiger partial charge on any atom is 0.410 e. The highest BCUT2D eigenvalue weighted by molar-refractivity contribution is 14.1. The van der Waals surface area contributed by atoms with Crippen molar-refractivity contribution >= 4 is 45.5 Å². The van der Waals surface area contributed by atoms with Crippen molar-refractivity contribution in [3.63, 3.8) is 0 Å². The van der Waals surface area contributed by atoms with Gasteiger partial charge in [0.2, 0.25) is 0 Å². The van der Waals surface area contributed by atoms with Crippen LogP contribution in [-0.2, 0) is 14.2 Å². The zero-order valence-electron chi connectivity index (χ0n) is 20.5. The fourth-order valence-corrected chi connectivity index (χ4v) is 6.71. The van der Waals surface area contributed by atoms with Crippen molar-refractivity contribution in [1.82, 2.24) is 19.4 Å². The smallest absolute Gasteiger partial charge is 0.410 e. The Bertz CT molecular complexity index is 1100. The second-order valence-electron chi connectivity index (χ2n) is 11.2. The number of rotatable bonds is 2. The number of carbonyl (C=O) groups is 1. The Morgan fingerprint density at radius 2 is 2.00 bits per heavy atom. The van der Waals surface area contributed by atoms with Crippen LogP contribution in [0.5, 0.6) is 0 Å². The van der Waals surface area contributed by atoms with E-state index in [1.54, 1.807) is 0 Å². The van der Waals surface area contributed by atoms with Crippen LogP contribution in [0, 0.1) is 15.4 Å². The topological polar surface area (TPSA) is 105 Å². The molecule has 0 radical (unpaired) electrons. The van der Waals surface area contributed by atoms with Crippen LogP contribution in [0.2, 0.25) is 0 Å². The van der Waals surface area contributed by atoms with E-state index in [1.807, 2.05) is 39.5 Å². The molecule has 186 valence electrons. The van der Waals surface area contributed by atoms with Crippen LogP contribution in [0.3, 0.4) is 0 Å². The summed E-state index contributed by atoms with van der Waals surface area (Å²) in [5, 5.41) is 0.884. The molecule has 10 heteroatoms. The first-order valence-electron chi connectivity index (χ1n) is 12.0. The lowest BCUT2D eigenvalue weighted by Gasteiger charge is -2.38. The Balaban J connectivity index is 1.44. The average molecular weight is 583 g/mol. The SMILES string of the molecule is CC(C)(C)OC(=O)N1CCCC([C@H]2C[C@@H](n3cc(I)c4c(N)ncnc43)[C@@H]3OC(C)(C)O[C@@H]32)C1. The van der Waals surface area contributed by atoms with Gasteiger partial charge in [0.05, 0.1) is 17.5 Å². The van der Waals surface area contributed by atoms with E-state index in [4.69, 9.17) is 19.9 Å². The van der Waals surface area contributed by atoms with E-state index in [0.717, 1.165) is 40.4 Å². The maximum atomic E-state index is 12.8. The summed E-state index contributed by atoms with van der Waals surface area (Å²) in [5.74, 6) is 0.409. The van der Waals surface area contributed by atoms with E-state index in [9.17, 15) is 4.79 Å². The standard InChI is InChI=1S/C24H34IN5O4/c1-23(2,3)34-22(31)29-8-6-7-13(10-29)14-9-16(19-18(14)32-24(4,5)33-19)30-11-15(25)17-20(26)27-12-28-21(17)30/h11-14,16,18-19H,6-10H2,1-5H3,(H2,26,27,28)/t13?,14-,16-,18-,19+/m1/s1. The normalized spacial score (nSPS) is 31.1. The lowest BCUT2D eigenvalue weighted by molar-refractivity contribution is -0.163. The van der Waals surface area contributed by atoms with Crippen molar-refractivity contribution in [2.45, 2.75) is 83.5 Å². The van der Waals surface area contributed by atoms with E-state index in [0.29, 0.717) is 18.3 Å². The fourth-order valence-electron chi connectivity index (χ4n) is 5.89. The molecule has 0 bridgehead atoms. The van der Waals surface area contributed by atoms with Crippen molar-refractivity contribution in [2.24, 2.45) is 11.8 Å². The highest BCUT2D eigenvalue weighted by atomic mass is 127. The Hall–Kier alpha value is -1.66. The molecule has 34 heavy (non-hydrogen) atoms. The van der Waals surface area contributed by atoms with Crippen molar-refractivity contribution in [1.29, 1.82) is 0 Å². The van der Waals surface area contributed by atoms with E-state index >= 15 is 0 Å². The monoisotopic (exact) mass is 583 g/mol. The lowest BCUT2D eigenvalue weighted by atomic mass is 9.83. The molecule has 2 saturated heterocycles. The number of piperidine rings is 1. The molecule has 2 aliphatic heterocycles. The number of carbonyl (C=O) groups excluding carboxylic acids is 1. The molecule has 4 heterocycles. The lowest BCUT2D eigenvalue weighted by Crippen LogP contribution is -2.46. The summed E-state index contributed by atoms with van der Waals surface area (Å²) in [6.45, 7) is 11.1. The number of nitrogens with zero attached hydrogens (tertiary/aromatic N) is 4. The van der Waals surface area contributed by atoms with E-state index in [1.165, 1.54) is 6.33 Å². The van der Waals surface area contributed by atoms with Crippen molar-refractivity contribution in [2.75, 3.05) is 18.8 Å². The zero-order chi connectivity index (χ0) is 24.4. The summed E-state index contributed by atoms with van der Waals surface area (Å²) in [7, 11) is 0. The van der Waals surface area contributed by atoms with Gasteiger partial charge in [-0.15, -0.1) is 0 Å². The first-order valence-corrected chi connectivity index (χ1v) is 13.1. The number of hydrogen-bond acceptors (Lipinski definition) is 7. The second-order valence-corrected chi connectivity index (χ2v) is 12.4. The largest absolute Gasteiger partial charge is 0.444 e. The van der Waals surface area contributed by atoms with Crippen LogP contribution in [0.15, 0.2) is 12.5 Å². The second kappa shape index (κ2) is 8.48. The van der Waals surface area contributed by atoms with Gasteiger partial charge in [-0.25, -0.2) is 14.8 Å². The molecular formula is C24H34IN5O4. The fraction of sp³-hybridized carbons (Fsp3) is 0.708. The third-order valence-electron chi connectivity index (χ3n) is 7.14. The summed E-state index contributed by atoms with van der Waals surface area (Å²) < 4.78 is 21.8. The van der Waals surface area contributed by atoms with Gasteiger partial charge in [0.1, 0.15) is 29.5 Å². The van der Waals surface area contributed by atoms with Gasteiger partial charge >= 0.3 is 6.09 Å². The summed E-state index contributed by atoms with van der Waals surface area (Å²) in [4.78, 5) is 23.4. The maximum absolute atomic E-state index is 12.8. The molecule has 9 nitrogen and oxygen atoms in total. The molecule has 2 aromatic rings. The molecule has 1 amide bonds. The first kappa shape index (κ1) is 24.1. The minimum absolute atomic E-state index is 0.0436. The van der Waals surface area contributed by atoms with Crippen LogP contribution in [0.1, 0.15) is 59.9 Å². The van der Waals surface area contributed by atoms with Crippen LogP contribution in [-0.4, -0.2) is 62.2 Å². The molecule has 2 N–H and O–H groups in total. The van der Waals surface area contributed by atoms with Crippen LogP contribution in [0.4, 0.5) is 10.6 Å². The number of amides is 1. The minimum atomic E-state index is -0.657. The molecule has 0 aromatic carbocycles. The van der Waals surface area contributed by atoms with Gasteiger partial charge in [0, 0.05) is 22.9 Å². The molecule has 0 spiro atoms. The number of anilines is 1. The molecule has 3 fully saturated rings. The first-order chi connectivity index (χ1) is 15.9. The summed E-state index contributed by atoms with van der Waals surface area (Å²) >= 11 is 2.30. The molecule has 5 atom stereocenters. The van der Waals surface area contributed by atoms with Gasteiger partial charge in [-0.3, -0.25) is 0 Å². The molecule has 1 saturated carbocycles. The van der Waals surface area contributed by atoms with Gasteiger partial charge < -0.3 is 29.4 Å². The Morgan fingerprint density at radius 1 is 1.26 bits per heavy atom. The van der Waals surface area contributed by atoms with Gasteiger partial charge in [-0.05, 0) is 88.3 Å². The minimum Gasteiger partial charge on any atom is -0.444 e. The van der Waals surface area contributed by atoms with Crippen molar-refractivity contribution in [3.05, 3.63) is 16.1 Å². The van der Waals surface area contributed by atoms with Gasteiger partial charge in [0.15, 0.2) is 5.79 Å². The van der Waals surface area contributed by atoms with Crippen molar-refractivity contribution < 1.29 is 19.0 Å². The van der Waals surface area contributed by atoms with Gasteiger partial charge in [-0.2, -0.15) is 0 Å². The molecule has 3 aliphatic rings. The Labute approximate surface area is 213 Å². The highest BCUT2D eigenvalue weighted by Gasteiger charge is 2.57. The van der Waals surface area contributed by atoms with E-state index in [2.05, 4.69) is 43.3 Å². The Kier molecular flexibility index (Phi) is 6.00. The van der Waals surface area contributed by atoms with E-state index < -0.39 is 11.4 Å². The van der Waals surface area contributed by atoms with Crippen LogP contribution < -0.4 is 5.73 Å². The number of hydrogen-bond donors (Lipinski definition) is 1. The quantitative estimate of drug-likeness (QED) is 0.525. The molecule has 1 unspecified atom stereocenters. The number of aromatic nitrogens is 3. The van der Waals surface area contributed by atoms with E-state index in [-0.39, 0.29) is 30.3 Å². The summed E-state index contributed by atoms with van der Waals surface area (Å²) in [5.41, 5.74) is 6.50. The molecular weight excluding hydrogens is 549 g/mol. The number of halogens is 1. The molecule has 2 aromatic heterocycles. The third-order valence-corrected chi connectivity index (χ3v) is 7.96. The van der Waals surface area contributed by atoms with Crippen LogP contribution >= 0.6 is 22.6 Å². The number of nitrogen functional groups attached to an aromatic ring is 1.